The van der Waals surface area contributed by atoms with E-state index in [1.54, 1.807) is 25.3 Å². The minimum absolute atomic E-state index is 0.561. The van der Waals surface area contributed by atoms with E-state index < -0.39 is 0 Å². The van der Waals surface area contributed by atoms with E-state index >= 15 is 0 Å². The van der Waals surface area contributed by atoms with Crippen LogP contribution in [0.25, 0.3) is 0 Å². The van der Waals surface area contributed by atoms with Crippen LogP contribution in [0.1, 0.15) is 13.3 Å². The molecule has 0 atom stereocenters. The van der Waals surface area contributed by atoms with E-state index in [1.807, 2.05) is 6.92 Å². The number of methoxy groups -OCH3 is 1. The van der Waals surface area contributed by atoms with E-state index in [2.05, 4.69) is 4.99 Å². The van der Waals surface area contributed by atoms with Crippen LogP contribution in [0.15, 0.2) is 23.2 Å². The van der Waals surface area contributed by atoms with Crippen molar-refractivity contribution in [2.45, 2.75) is 13.3 Å². The van der Waals surface area contributed by atoms with Gasteiger partial charge in [-0.2, -0.15) is 0 Å². The van der Waals surface area contributed by atoms with Crippen LogP contribution in [0.4, 0.5) is 5.69 Å². The monoisotopic (exact) mass is 212 g/mol. The van der Waals surface area contributed by atoms with Crippen LogP contribution in [0, 0.1) is 0 Å². The maximum absolute atomic E-state index is 5.83. The summed E-state index contributed by atoms with van der Waals surface area (Å²) in [5, 5.41) is 0.619. The third-order valence-corrected chi connectivity index (χ3v) is 2.00. The molecule has 3 nitrogen and oxygen atoms in total. The number of amidine groups is 1. The number of aliphatic imine (C=N–C) groups is 1. The molecule has 14 heavy (non-hydrogen) atoms. The molecule has 0 bridgehead atoms. The molecule has 0 saturated heterocycles. The van der Waals surface area contributed by atoms with Crippen molar-refractivity contribution >= 4 is 23.1 Å². The summed E-state index contributed by atoms with van der Waals surface area (Å²) in [5.41, 5.74) is 6.30. The van der Waals surface area contributed by atoms with Gasteiger partial charge in [-0.15, -0.1) is 0 Å². The zero-order chi connectivity index (χ0) is 10.6. The lowest BCUT2D eigenvalue weighted by Gasteiger charge is -2.05. The first-order valence-corrected chi connectivity index (χ1v) is 4.71. The minimum atomic E-state index is 0.561. The molecule has 1 aromatic rings. The highest BCUT2D eigenvalue weighted by atomic mass is 35.5. The molecule has 0 heterocycles. The smallest absolute Gasteiger partial charge is 0.144 e. The van der Waals surface area contributed by atoms with Crippen molar-refractivity contribution in [3.05, 3.63) is 23.2 Å². The Kier molecular flexibility index (Phi) is 3.77. The zero-order valence-electron chi connectivity index (χ0n) is 8.25. The molecule has 0 radical (unpaired) electrons. The van der Waals surface area contributed by atoms with Crippen LogP contribution in [-0.4, -0.2) is 12.9 Å². The van der Waals surface area contributed by atoms with Crippen LogP contribution in [-0.2, 0) is 0 Å². The first-order chi connectivity index (χ1) is 6.67. The molecule has 0 aliphatic rings. The number of nitrogens with two attached hydrogens (primary N) is 1. The Hall–Kier alpha value is -1.22. The van der Waals surface area contributed by atoms with E-state index in [1.165, 1.54) is 0 Å². The maximum atomic E-state index is 5.83. The molecule has 0 unspecified atom stereocenters. The van der Waals surface area contributed by atoms with Crippen molar-refractivity contribution < 1.29 is 4.74 Å². The molecule has 0 aromatic heterocycles. The fourth-order valence-electron chi connectivity index (χ4n) is 0.984. The maximum Gasteiger partial charge on any atom is 0.144 e. The fourth-order valence-corrected chi connectivity index (χ4v) is 1.15. The predicted octanol–water partition coefficient (Wildman–Crippen LogP) is 2.75. The molecule has 0 saturated carbocycles. The molecule has 0 spiro atoms. The van der Waals surface area contributed by atoms with Gasteiger partial charge in [-0.3, -0.25) is 0 Å². The van der Waals surface area contributed by atoms with Gasteiger partial charge >= 0.3 is 0 Å². The number of rotatable bonds is 3. The number of ether oxygens (including phenoxy) is 1. The summed E-state index contributed by atoms with van der Waals surface area (Å²) in [7, 11) is 1.59. The highest BCUT2D eigenvalue weighted by Gasteiger charge is 2.02. The molecule has 4 heteroatoms. The van der Waals surface area contributed by atoms with Gasteiger partial charge in [0.15, 0.2) is 0 Å². The first kappa shape index (κ1) is 10.9. The van der Waals surface area contributed by atoms with Gasteiger partial charge in [-0.1, -0.05) is 18.5 Å². The van der Waals surface area contributed by atoms with Gasteiger partial charge in [0.05, 0.1) is 12.9 Å². The minimum Gasteiger partial charge on any atom is -0.494 e. The molecule has 1 aromatic carbocycles. The summed E-state index contributed by atoms with van der Waals surface area (Å²) >= 11 is 5.83. The van der Waals surface area contributed by atoms with Crippen molar-refractivity contribution in [1.82, 2.24) is 0 Å². The van der Waals surface area contributed by atoms with Gasteiger partial charge in [0.2, 0.25) is 0 Å². The normalized spacial score (nSPS) is 11.5. The Morgan fingerprint density at radius 1 is 1.57 bits per heavy atom. The van der Waals surface area contributed by atoms with E-state index in [-0.39, 0.29) is 0 Å². The van der Waals surface area contributed by atoms with E-state index in [4.69, 9.17) is 22.1 Å². The molecular weight excluding hydrogens is 200 g/mol. The predicted molar refractivity (Wildman–Crippen MR) is 59.6 cm³/mol. The summed E-state index contributed by atoms with van der Waals surface area (Å²) in [6, 6.07) is 5.24. The first-order valence-electron chi connectivity index (χ1n) is 4.34. The topological polar surface area (TPSA) is 47.6 Å². The zero-order valence-corrected chi connectivity index (χ0v) is 9.01. The second-order valence-electron chi connectivity index (χ2n) is 2.77. The van der Waals surface area contributed by atoms with Crippen LogP contribution >= 0.6 is 11.6 Å². The molecular formula is C10H13ClN2O. The summed E-state index contributed by atoms with van der Waals surface area (Å²) in [5.74, 6) is 1.23. The van der Waals surface area contributed by atoms with Crippen molar-refractivity contribution in [2.75, 3.05) is 7.11 Å². The summed E-state index contributed by atoms with van der Waals surface area (Å²) in [6.45, 7) is 1.94. The number of benzene rings is 1. The van der Waals surface area contributed by atoms with Gasteiger partial charge in [0.1, 0.15) is 11.4 Å². The third kappa shape index (κ3) is 2.64. The second kappa shape index (κ2) is 4.86. The van der Waals surface area contributed by atoms with Crippen molar-refractivity contribution in [3.8, 4) is 5.75 Å². The number of hydrogen-bond acceptors (Lipinski definition) is 2. The van der Waals surface area contributed by atoms with Gasteiger partial charge in [0.25, 0.3) is 0 Å². The fraction of sp³-hybridized carbons (Fsp3) is 0.300. The van der Waals surface area contributed by atoms with Crippen LogP contribution < -0.4 is 10.5 Å². The average Bonchev–Trinajstić information content (AvgIpc) is 2.18. The average molecular weight is 213 g/mol. The number of halogens is 1. The lowest BCUT2D eigenvalue weighted by atomic mass is 10.3. The molecule has 76 valence electrons. The van der Waals surface area contributed by atoms with Crippen LogP contribution in [0.2, 0.25) is 5.02 Å². The van der Waals surface area contributed by atoms with Gasteiger partial charge in [-0.05, 0) is 18.2 Å². The largest absolute Gasteiger partial charge is 0.494 e. The quantitative estimate of drug-likeness (QED) is 0.619. The van der Waals surface area contributed by atoms with Crippen molar-refractivity contribution in [2.24, 2.45) is 10.7 Å². The molecule has 0 aliphatic carbocycles. The van der Waals surface area contributed by atoms with Gasteiger partial charge in [-0.25, -0.2) is 4.99 Å². The van der Waals surface area contributed by atoms with Gasteiger partial charge < -0.3 is 10.5 Å². The molecule has 1 rings (SSSR count). The Morgan fingerprint density at radius 2 is 2.29 bits per heavy atom. The van der Waals surface area contributed by atoms with Gasteiger partial charge in [0, 0.05) is 11.4 Å². The lowest BCUT2D eigenvalue weighted by Crippen LogP contribution is -2.08. The lowest BCUT2D eigenvalue weighted by molar-refractivity contribution is 0.416. The molecule has 0 fully saturated rings. The summed E-state index contributed by atoms with van der Waals surface area (Å²) < 4.78 is 5.12. The highest BCUT2D eigenvalue weighted by Crippen LogP contribution is 2.30. The van der Waals surface area contributed by atoms with E-state index in [9.17, 15) is 0 Å². The standard InChI is InChI=1S/C10H13ClN2O/c1-3-10(12)13-8-6-7(11)4-5-9(8)14-2/h4-6H,3H2,1-2H3,(H2,12,13). The number of nitrogens with zero attached hydrogens (tertiary/aromatic N) is 1. The second-order valence-corrected chi connectivity index (χ2v) is 3.21. The Balaban J connectivity index is 3.11. The van der Waals surface area contributed by atoms with Crippen molar-refractivity contribution in [3.63, 3.8) is 0 Å². The van der Waals surface area contributed by atoms with Crippen LogP contribution in [0.5, 0.6) is 5.75 Å². The highest BCUT2D eigenvalue weighted by molar-refractivity contribution is 6.30. The Bertz CT molecular complexity index is 350. The molecule has 2 N–H and O–H groups in total. The molecule has 0 aliphatic heterocycles. The summed E-state index contributed by atoms with van der Waals surface area (Å²) in [6.07, 6.45) is 0.704. The van der Waals surface area contributed by atoms with E-state index in [0.717, 1.165) is 0 Å². The van der Waals surface area contributed by atoms with Crippen LogP contribution in [0.3, 0.4) is 0 Å². The number of hydrogen-bond donors (Lipinski definition) is 1. The Morgan fingerprint density at radius 3 is 2.86 bits per heavy atom. The third-order valence-electron chi connectivity index (χ3n) is 1.77. The van der Waals surface area contributed by atoms with Crippen molar-refractivity contribution in [1.29, 1.82) is 0 Å². The Labute approximate surface area is 88.5 Å². The summed E-state index contributed by atoms with van der Waals surface area (Å²) in [4.78, 5) is 4.19. The molecule has 0 amide bonds. The SMILES string of the molecule is CCC(N)=Nc1cc(Cl)ccc1OC. The van der Waals surface area contributed by atoms with E-state index in [0.29, 0.717) is 28.7 Å².